The molecule has 11 nitrogen and oxygen atoms in total. The number of hydroxylamine groups is 2. The minimum Gasteiger partial charge on any atom is -0.435 e. The Bertz CT molecular complexity index is 1150. The Morgan fingerprint density at radius 1 is 1.31 bits per heavy atom. The van der Waals surface area contributed by atoms with Gasteiger partial charge in [-0.1, -0.05) is 0 Å². The number of piperazine rings is 1. The zero-order valence-electron chi connectivity index (χ0n) is 16.3. The van der Waals surface area contributed by atoms with Gasteiger partial charge in [-0.25, -0.2) is 14.8 Å². The molecule has 0 saturated carbocycles. The number of nitrogen functional groups attached to an aromatic ring is 1. The first kappa shape index (κ1) is 21.4. The summed E-state index contributed by atoms with van der Waals surface area (Å²) in [6.07, 6.45) is -0.786. The molecular formula is C18H16F2N8O3S. The first-order valence-corrected chi connectivity index (χ1v) is 10.1. The first-order valence-electron chi connectivity index (χ1n) is 9.24. The number of nitrogens with zero attached hydrogens (tertiary/aromatic N) is 6. The fourth-order valence-electron chi connectivity index (χ4n) is 3.15. The number of benzene rings is 1. The highest BCUT2D eigenvalue weighted by Crippen LogP contribution is 2.28. The Kier molecular flexibility index (Phi) is 6.10. The summed E-state index contributed by atoms with van der Waals surface area (Å²) >= 11 is 1.32. The lowest BCUT2D eigenvalue weighted by Gasteiger charge is -2.37. The average molecular weight is 462 g/mol. The van der Waals surface area contributed by atoms with Gasteiger partial charge >= 0.3 is 12.7 Å². The van der Waals surface area contributed by atoms with E-state index in [9.17, 15) is 18.8 Å². The lowest BCUT2D eigenvalue weighted by Crippen LogP contribution is -2.53. The summed E-state index contributed by atoms with van der Waals surface area (Å²) in [6.45, 7) is -2.21. The Morgan fingerprint density at radius 3 is 2.81 bits per heavy atom. The van der Waals surface area contributed by atoms with E-state index in [0.717, 1.165) is 0 Å². The summed E-state index contributed by atoms with van der Waals surface area (Å²) < 4.78 is 28.7. The van der Waals surface area contributed by atoms with Crippen LogP contribution in [0.25, 0.3) is 10.3 Å². The molecule has 3 aromatic rings. The standard InChI is InChI=1S/C18H16F2N8O3S/c19-16(20)30-12-3-1-10(2-4-12)24-18(29)31-27-5-6-28(11(7-21)8-27)14-13-15(32-9-23-13)26-17(22)25-14/h1-4,9,11,16H,5-6,8H2,(H,24,29)(H2,22,25,26)/t11-/m0/s1. The molecule has 3 N–H and O–H groups in total. The number of ether oxygens (including phenoxy) is 1. The summed E-state index contributed by atoms with van der Waals surface area (Å²) in [5.41, 5.74) is 8.30. The Morgan fingerprint density at radius 2 is 2.09 bits per heavy atom. The highest BCUT2D eigenvalue weighted by molar-refractivity contribution is 7.16. The van der Waals surface area contributed by atoms with Gasteiger partial charge in [0.15, 0.2) is 10.6 Å². The predicted octanol–water partition coefficient (Wildman–Crippen LogP) is 2.45. The third-order valence-electron chi connectivity index (χ3n) is 4.50. The number of anilines is 3. The van der Waals surface area contributed by atoms with Gasteiger partial charge in [-0.05, 0) is 24.3 Å². The number of aromatic nitrogens is 3. The number of rotatable bonds is 5. The van der Waals surface area contributed by atoms with Crippen molar-refractivity contribution >= 4 is 45.2 Å². The lowest BCUT2D eigenvalue weighted by atomic mass is 10.2. The van der Waals surface area contributed by atoms with E-state index in [-0.39, 0.29) is 18.2 Å². The largest absolute Gasteiger partial charge is 0.435 e. The fourth-order valence-corrected chi connectivity index (χ4v) is 3.81. The zero-order chi connectivity index (χ0) is 22.7. The third-order valence-corrected chi connectivity index (χ3v) is 5.22. The van der Waals surface area contributed by atoms with E-state index in [1.807, 2.05) is 0 Å². The smallest absolute Gasteiger partial charge is 0.430 e. The third kappa shape index (κ3) is 4.74. The van der Waals surface area contributed by atoms with Gasteiger partial charge in [-0.15, -0.1) is 16.4 Å². The normalized spacial score (nSPS) is 16.7. The molecule has 1 aromatic carbocycles. The SMILES string of the molecule is N#C[C@H]1CN(OC(=O)Nc2ccc(OC(F)F)cc2)CCN1c1nc(N)nc2scnc12. The number of nitriles is 1. The van der Waals surface area contributed by atoms with Crippen LogP contribution in [0.5, 0.6) is 5.75 Å². The quantitative estimate of drug-likeness (QED) is 0.580. The number of amides is 1. The molecule has 1 atom stereocenters. The van der Waals surface area contributed by atoms with Crippen molar-refractivity contribution in [1.82, 2.24) is 20.0 Å². The van der Waals surface area contributed by atoms with Gasteiger partial charge in [0, 0.05) is 12.2 Å². The van der Waals surface area contributed by atoms with E-state index in [0.29, 0.717) is 34.9 Å². The maximum absolute atomic E-state index is 12.2. The minimum absolute atomic E-state index is 0.0357. The van der Waals surface area contributed by atoms with Crippen molar-refractivity contribution in [2.45, 2.75) is 12.7 Å². The van der Waals surface area contributed by atoms with Crippen LogP contribution in [0.4, 0.5) is 31.0 Å². The molecule has 1 aliphatic rings. The van der Waals surface area contributed by atoms with Crippen molar-refractivity contribution < 1.29 is 23.1 Å². The van der Waals surface area contributed by atoms with Crippen molar-refractivity contribution in [3.8, 4) is 11.8 Å². The second-order valence-electron chi connectivity index (χ2n) is 6.54. The number of nitrogens with two attached hydrogens (primary N) is 1. The molecule has 0 radical (unpaired) electrons. The van der Waals surface area contributed by atoms with Crippen LogP contribution in [-0.2, 0) is 4.84 Å². The van der Waals surface area contributed by atoms with E-state index < -0.39 is 18.7 Å². The van der Waals surface area contributed by atoms with Crippen molar-refractivity contribution in [2.24, 2.45) is 0 Å². The number of hydrogen-bond acceptors (Lipinski definition) is 11. The molecule has 0 unspecified atom stereocenters. The van der Waals surface area contributed by atoms with Gasteiger partial charge in [0.25, 0.3) is 0 Å². The number of nitrogens with one attached hydrogen (secondary N) is 1. The predicted molar refractivity (Wildman–Crippen MR) is 111 cm³/mol. The molecule has 166 valence electrons. The Balaban J connectivity index is 1.38. The molecule has 0 aliphatic carbocycles. The first-order chi connectivity index (χ1) is 15.4. The van der Waals surface area contributed by atoms with Crippen LogP contribution >= 0.6 is 11.3 Å². The molecule has 4 rings (SSSR count). The Hall–Kier alpha value is -3.83. The molecule has 1 aliphatic heterocycles. The van der Waals surface area contributed by atoms with E-state index in [1.54, 1.807) is 10.4 Å². The van der Waals surface area contributed by atoms with Crippen molar-refractivity contribution in [3.63, 3.8) is 0 Å². The van der Waals surface area contributed by atoms with Crippen LogP contribution in [0.3, 0.4) is 0 Å². The molecule has 0 spiro atoms. The molecule has 1 saturated heterocycles. The number of alkyl halides is 2. The second kappa shape index (κ2) is 9.12. The van der Waals surface area contributed by atoms with Crippen molar-refractivity contribution in [2.75, 3.05) is 35.6 Å². The van der Waals surface area contributed by atoms with Crippen LogP contribution in [0.15, 0.2) is 29.8 Å². The van der Waals surface area contributed by atoms with Gasteiger partial charge in [0.1, 0.15) is 17.3 Å². The number of hydrogen-bond donors (Lipinski definition) is 2. The van der Waals surface area contributed by atoms with Crippen molar-refractivity contribution in [1.29, 1.82) is 5.26 Å². The fraction of sp³-hybridized carbons (Fsp3) is 0.278. The van der Waals surface area contributed by atoms with Crippen LogP contribution < -0.4 is 20.7 Å². The summed E-state index contributed by atoms with van der Waals surface area (Å²) in [5.74, 6) is 0.499. The van der Waals surface area contributed by atoms with Crippen molar-refractivity contribution in [3.05, 3.63) is 29.8 Å². The number of carbonyl (C=O) groups excluding carboxylic acids is 1. The van der Waals surface area contributed by atoms with Gasteiger partial charge < -0.3 is 20.2 Å². The topological polar surface area (TPSA) is 143 Å². The molecule has 1 fully saturated rings. The number of thiazole rings is 1. The lowest BCUT2D eigenvalue weighted by molar-refractivity contribution is -0.101. The van der Waals surface area contributed by atoms with Crippen LogP contribution in [-0.4, -0.2) is 58.4 Å². The van der Waals surface area contributed by atoms with Crippen LogP contribution in [0.1, 0.15) is 0 Å². The zero-order valence-corrected chi connectivity index (χ0v) is 17.1. The Labute approximate surface area is 183 Å². The van der Waals surface area contributed by atoms with E-state index in [1.165, 1.54) is 40.7 Å². The molecule has 32 heavy (non-hydrogen) atoms. The molecule has 14 heteroatoms. The van der Waals surface area contributed by atoms with Gasteiger partial charge in [0.2, 0.25) is 5.95 Å². The molecule has 0 bridgehead atoms. The molecular weight excluding hydrogens is 446 g/mol. The number of fused-ring (bicyclic) bond motifs is 1. The van der Waals surface area contributed by atoms with E-state index >= 15 is 0 Å². The van der Waals surface area contributed by atoms with Crippen LogP contribution in [0.2, 0.25) is 0 Å². The summed E-state index contributed by atoms with van der Waals surface area (Å²) in [6, 6.07) is 6.87. The van der Waals surface area contributed by atoms with E-state index in [4.69, 9.17) is 10.6 Å². The van der Waals surface area contributed by atoms with Crippen LogP contribution in [0, 0.1) is 11.3 Å². The molecule has 2 aromatic heterocycles. The summed E-state index contributed by atoms with van der Waals surface area (Å²) in [7, 11) is 0. The molecule has 1 amide bonds. The maximum Gasteiger partial charge on any atom is 0.430 e. The minimum atomic E-state index is -2.93. The van der Waals surface area contributed by atoms with E-state index in [2.05, 4.69) is 31.1 Å². The molecule has 3 heterocycles. The maximum atomic E-state index is 12.2. The highest BCUT2D eigenvalue weighted by atomic mass is 32.1. The number of halogens is 2. The summed E-state index contributed by atoms with van der Waals surface area (Å²) in [5, 5.41) is 13.5. The second-order valence-corrected chi connectivity index (χ2v) is 7.38. The average Bonchev–Trinajstić information content (AvgIpc) is 3.22. The monoisotopic (exact) mass is 462 g/mol. The highest BCUT2D eigenvalue weighted by Gasteiger charge is 2.32. The number of carbonyl (C=O) groups is 1. The van der Waals surface area contributed by atoms with Gasteiger partial charge in [-0.2, -0.15) is 19.0 Å². The van der Waals surface area contributed by atoms with Gasteiger partial charge in [-0.3, -0.25) is 5.32 Å². The summed E-state index contributed by atoms with van der Waals surface area (Å²) in [4.78, 5) is 32.5. The van der Waals surface area contributed by atoms with Gasteiger partial charge in [0.05, 0.1) is 24.7 Å².